The van der Waals surface area contributed by atoms with Crippen molar-refractivity contribution in [2.24, 2.45) is 0 Å². The molecule has 0 saturated heterocycles. The zero-order valence-electron chi connectivity index (χ0n) is 10.4. The van der Waals surface area contributed by atoms with Gasteiger partial charge in [0.25, 0.3) is 0 Å². The molecule has 3 nitrogen and oxygen atoms in total. The van der Waals surface area contributed by atoms with Crippen LogP contribution in [0.2, 0.25) is 10.2 Å². The molecule has 0 amide bonds. The third kappa shape index (κ3) is 3.42. The molecule has 0 aliphatic heterocycles. The van der Waals surface area contributed by atoms with Crippen LogP contribution < -0.4 is 0 Å². The van der Waals surface area contributed by atoms with Gasteiger partial charge in [-0.3, -0.25) is 0 Å². The molecule has 19 heavy (non-hydrogen) atoms. The highest BCUT2D eigenvalue weighted by Gasteiger charge is 2.15. The summed E-state index contributed by atoms with van der Waals surface area (Å²) in [6.45, 7) is 0.971. The van der Waals surface area contributed by atoms with Gasteiger partial charge in [0.2, 0.25) is 0 Å². The molecule has 0 spiro atoms. The molecule has 1 heterocycles. The lowest BCUT2D eigenvalue weighted by Gasteiger charge is -2.03. The van der Waals surface area contributed by atoms with Crippen molar-refractivity contribution in [2.75, 3.05) is 7.11 Å². The Bertz CT molecular complexity index is 552. The summed E-state index contributed by atoms with van der Waals surface area (Å²) in [5.41, 5.74) is 2.66. The van der Waals surface area contributed by atoms with Gasteiger partial charge in [-0.15, -0.1) is 11.6 Å². The predicted octanol–water partition coefficient (Wildman–Crippen LogP) is 4.12. The fourth-order valence-corrected chi connectivity index (χ4v) is 2.53. The standard InChI is InChI=1S/C13H13Cl3N2O/c1-19-8-12-11(6-14)13(16)18(17-12)7-9-2-4-10(15)5-3-9/h2-5H,6-8H2,1H3. The lowest BCUT2D eigenvalue weighted by molar-refractivity contribution is 0.180. The summed E-state index contributed by atoms with van der Waals surface area (Å²) in [5, 5.41) is 5.69. The molecule has 0 fully saturated rings. The summed E-state index contributed by atoms with van der Waals surface area (Å²) in [6, 6.07) is 7.56. The molecule has 2 rings (SSSR count). The minimum Gasteiger partial charge on any atom is -0.378 e. The second kappa shape index (κ2) is 6.62. The molecule has 1 aromatic heterocycles. The smallest absolute Gasteiger partial charge is 0.132 e. The maximum Gasteiger partial charge on any atom is 0.132 e. The van der Waals surface area contributed by atoms with Gasteiger partial charge in [-0.25, -0.2) is 4.68 Å². The highest BCUT2D eigenvalue weighted by atomic mass is 35.5. The lowest BCUT2D eigenvalue weighted by Crippen LogP contribution is -2.02. The van der Waals surface area contributed by atoms with Gasteiger partial charge >= 0.3 is 0 Å². The number of halogens is 3. The number of hydrogen-bond donors (Lipinski definition) is 0. The summed E-state index contributed by atoms with van der Waals surface area (Å²) < 4.78 is 6.81. The first kappa shape index (κ1) is 14.7. The van der Waals surface area contributed by atoms with Crippen molar-refractivity contribution in [1.82, 2.24) is 9.78 Å². The second-order valence-electron chi connectivity index (χ2n) is 4.07. The van der Waals surface area contributed by atoms with E-state index in [1.807, 2.05) is 24.3 Å². The first-order valence-corrected chi connectivity index (χ1v) is 6.98. The van der Waals surface area contributed by atoms with E-state index in [0.29, 0.717) is 29.2 Å². The van der Waals surface area contributed by atoms with Crippen molar-refractivity contribution in [1.29, 1.82) is 0 Å². The van der Waals surface area contributed by atoms with Crippen LogP contribution in [0.5, 0.6) is 0 Å². The number of benzene rings is 1. The van der Waals surface area contributed by atoms with Crippen LogP contribution in [0, 0.1) is 0 Å². The van der Waals surface area contributed by atoms with Crippen LogP contribution >= 0.6 is 34.8 Å². The van der Waals surface area contributed by atoms with Crippen LogP contribution in [0.1, 0.15) is 16.8 Å². The number of nitrogens with zero attached hydrogens (tertiary/aromatic N) is 2. The van der Waals surface area contributed by atoms with Gasteiger partial charge in [-0.1, -0.05) is 35.3 Å². The van der Waals surface area contributed by atoms with Crippen LogP contribution in [0.25, 0.3) is 0 Å². The molecule has 0 unspecified atom stereocenters. The second-order valence-corrected chi connectivity index (χ2v) is 5.13. The number of methoxy groups -OCH3 is 1. The Morgan fingerprint density at radius 3 is 2.47 bits per heavy atom. The summed E-state index contributed by atoms with van der Waals surface area (Å²) in [4.78, 5) is 0. The fourth-order valence-electron chi connectivity index (χ4n) is 1.78. The van der Waals surface area contributed by atoms with Crippen molar-refractivity contribution < 1.29 is 4.74 Å². The summed E-state index contributed by atoms with van der Waals surface area (Å²) in [6.07, 6.45) is 0. The molecular formula is C13H13Cl3N2O. The average molecular weight is 320 g/mol. The molecule has 2 aromatic rings. The number of alkyl halides is 1. The van der Waals surface area contributed by atoms with Crippen molar-refractivity contribution in [2.45, 2.75) is 19.0 Å². The quantitative estimate of drug-likeness (QED) is 0.775. The maximum absolute atomic E-state index is 6.28. The van der Waals surface area contributed by atoms with E-state index in [9.17, 15) is 0 Å². The van der Waals surface area contributed by atoms with Crippen molar-refractivity contribution >= 4 is 34.8 Å². The highest BCUT2D eigenvalue weighted by molar-refractivity contribution is 6.31. The molecule has 0 aliphatic carbocycles. The van der Waals surface area contributed by atoms with E-state index in [0.717, 1.165) is 16.8 Å². The molecule has 102 valence electrons. The Balaban J connectivity index is 2.27. The number of rotatable bonds is 5. The van der Waals surface area contributed by atoms with E-state index >= 15 is 0 Å². The van der Waals surface area contributed by atoms with Crippen LogP contribution in [-0.2, 0) is 23.8 Å². The number of ether oxygens (including phenoxy) is 1. The molecule has 0 saturated carbocycles. The molecule has 0 bridgehead atoms. The first-order valence-electron chi connectivity index (χ1n) is 5.69. The molecule has 1 aromatic carbocycles. The van der Waals surface area contributed by atoms with Crippen molar-refractivity contribution in [3.05, 3.63) is 51.3 Å². The van der Waals surface area contributed by atoms with Gasteiger partial charge in [-0.05, 0) is 17.7 Å². The molecule has 0 radical (unpaired) electrons. The van der Waals surface area contributed by atoms with E-state index in [1.165, 1.54) is 0 Å². The van der Waals surface area contributed by atoms with E-state index in [2.05, 4.69) is 5.10 Å². The van der Waals surface area contributed by atoms with Crippen LogP contribution in [0.3, 0.4) is 0 Å². The van der Waals surface area contributed by atoms with Gasteiger partial charge in [0, 0.05) is 17.7 Å². The normalized spacial score (nSPS) is 10.9. The Kier molecular flexibility index (Phi) is 5.11. The van der Waals surface area contributed by atoms with E-state index in [1.54, 1.807) is 11.8 Å². The van der Waals surface area contributed by atoms with Gasteiger partial charge in [-0.2, -0.15) is 5.10 Å². The molecule has 0 aliphatic rings. The summed E-state index contributed by atoms with van der Waals surface area (Å²) in [7, 11) is 1.62. The first-order chi connectivity index (χ1) is 9.15. The molecule has 0 atom stereocenters. The topological polar surface area (TPSA) is 27.1 Å². The maximum atomic E-state index is 6.28. The van der Waals surface area contributed by atoms with Crippen molar-refractivity contribution in [3.8, 4) is 0 Å². The summed E-state index contributed by atoms with van der Waals surface area (Å²) in [5.74, 6) is 0.318. The zero-order valence-corrected chi connectivity index (χ0v) is 12.6. The van der Waals surface area contributed by atoms with Crippen LogP contribution in [0.4, 0.5) is 0 Å². The minimum absolute atomic E-state index is 0.318. The fraction of sp³-hybridized carbons (Fsp3) is 0.308. The van der Waals surface area contributed by atoms with Gasteiger partial charge in [0.1, 0.15) is 5.15 Å². The highest BCUT2D eigenvalue weighted by Crippen LogP contribution is 2.24. The number of hydrogen-bond acceptors (Lipinski definition) is 2. The van der Waals surface area contributed by atoms with Gasteiger partial charge < -0.3 is 4.74 Å². The Labute approximate surface area is 127 Å². The van der Waals surface area contributed by atoms with E-state index in [4.69, 9.17) is 39.5 Å². The third-order valence-electron chi connectivity index (χ3n) is 2.73. The Morgan fingerprint density at radius 1 is 1.21 bits per heavy atom. The Morgan fingerprint density at radius 2 is 1.89 bits per heavy atom. The van der Waals surface area contributed by atoms with Crippen molar-refractivity contribution in [3.63, 3.8) is 0 Å². The largest absolute Gasteiger partial charge is 0.378 e. The Hall–Kier alpha value is -0.740. The zero-order chi connectivity index (χ0) is 13.8. The average Bonchev–Trinajstić information content (AvgIpc) is 2.69. The molecule has 0 N–H and O–H groups in total. The molecule has 6 heteroatoms. The van der Waals surface area contributed by atoms with Crippen LogP contribution in [-0.4, -0.2) is 16.9 Å². The van der Waals surface area contributed by atoms with E-state index in [-0.39, 0.29) is 0 Å². The number of aromatic nitrogens is 2. The predicted molar refractivity (Wildman–Crippen MR) is 78.1 cm³/mol. The van der Waals surface area contributed by atoms with E-state index < -0.39 is 0 Å². The minimum atomic E-state index is 0.318. The van der Waals surface area contributed by atoms with Gasteiger partial charge in [0.15, 0.2) is 0 Å². The monoisotopic (exact) mass is 318 g/mol. The van der Waals surface area contributed by atoms with Crippen LogP contribution in [0.15, 0.2) is 24.3 Å². The van der Waals surface area contributed by atoms with Gasteiger partial charge in [0.05, 0.1) is 24.7 Å². The lowest BCUT2D eigenvalue weighted by atomic mass is 10.2. The summed E-state index contributed by atoms with van der Waals surface area (Å²) >= 11 is 18.0. The molecular weight excluding hydrogens is 307 g/mol. The third-order valence-corrected chi connectivity index (χ3v) is 3.67. The SMILES string of the molecule is COCc1nn(Cc2ccc(Cl)cc2)c(Cl)c1CCl.